The van der Waals surface area contributed by atoms with Crippen molar-refractivity contribution in [1.82, 2.24) is 0 Å². The van der Waals surface area contributed by atoms with Gasteiger partial charge in [-0.25, -0.2) is 4.79 Å². The van der Waals surface area contributed by atoms with Gasteiger partial charge in [-0.3, -0.25) is 4.79 Å². The van der Waals surface area contributed by atoms with Crippen LogP contribution in [0.15, 0.2) is 12.2 Å². The Kier molecular flexibility index (Phi) is 6.20. The van der Waals surface area contributed by atoms with Crippen molar-refractivity contribution in [2.75, 3.05) is 0 Å². The van der Waals surface area contributed by atoms with Gasteiger partial charge in [0.2, 0.25) is 6.29 Å². The molecule has 0 saturated heterocycles. The van der Waals surface area contributed by atoms with Gasteiger partial charge < -0.3 is 14.2 Å². The van der Waals surface area contributed by atoms with Gasteiger partial charge in [-0.15, -0.1) is 0 Å². The number of hydrogen-bond acceptors (Lipinski definition) is 5. The molecule has 0 aliphatic carbocycles. The molecule has 0 aromatic heterocycles. The summed E-state index contributed by atoms with van der Waals surface area (Å²) >= 11 is 0. The van der Waals surface area contributed by atoms with Crippen molar-refractivity contribution < 1.29 is 23.8 Å². The van der Waals surface area contributed by atoms with E-state index in [0.717, 1.165) is 19.3 Å². The minimum absolute atomic E-state index is 0.0786. The maximum Gasteiger partial charge on any atom is 0.511 e. The van der Waals surface area contributed by atoms with E-state index in [9.17, 15) is 9.59 Å². The third kappa shape index (κ3) is 6.19. The number of hydrogen-bond donors (Lipinski definition) is 0. The molecule has 5 nitrogen and oxygen atoms in total. The third-order valence-corrected chi connectivity index (χ3v) is 2.71. The van der Waals surface area contributed by atoms with Gasteiger partial charge in [0.05, 0.1) is 0 Å². The summed E-state index contributed by atoms with van der Waals surface area (Å²) in [7, 11) is 0. The first-order chi connectivity index (χ1) is 9.31. The molecule has 20 heavy (non-hydrogen) atoms. The zero-order chi connectivity index (χ0) is 15.2. The van der Waals surface area contributed by atoms with Crippen LogP contribution in [0.2, 0.25) is 0 Å². The van der Waals surface area contributed by atoms with E-state index in [0.29, 0.717) is 6.42 Å². The maximum absolute atomic E-state index is 11.7. The Labute approximate surface area is 120 Å². The summed E-state index contributed by atoms with van der Waals surface area (Å²) in [6.07, 6.45) is 4.35. The van der Waals surface area contributed by atoms with E-state index in [1.807, 2.05) is 0 Å². The molecule has 0 fully saturated rings. The van der Waals surface area contributed by atoms with E-state index < -0.39 is 24.2 Å². The van der Waals surface area contributed by atoms with Crippen molar-refractivity contribution in [3.05, 3.63) is 12.2 Å². The van der Waals surface area contributed by atoms with Gasteiger partial charge in [-0.2, -0.15) is 0 Å². The van der Waals surface area contributed by atoms with Crippen molar-refractivity contribution in [2.45, 2.75) is 71.4 Å². The second-order valence-corrected chi connectivity index (χ2v) is 5.83. The summed E-state index contributed by atoms with van der Waals surface area (Å²) in [5, 5.41) is 0. The molecule has 114 valence electrons. The third-order valence-electron chi connectivity index (χ3n) is 2.71. The zero-order valence-corrected chi connectivity index (χ0v) is 12.7. The van der Waals surface area contributed by atoms with Crippen LogP contribution in [0, 0.1) is 0 Å². The van der Waals surface area contributed by atoms with Gasteiger partial charge in [0.1, 0.15) is 11.7 Å². The van der Waals surface area contributed by atoms with Crippen molar-refractivity contribution >= 4 is 11.9 Å². The highest BCUT2D eigenvalue weighted by Crippen LogP contribution is 2.18. The van der Waals surface area contributed by atoms with Crippen LogP contribution in [0.3, 0.4) is 0 Å². The number of ketones is 1. The lowest BCUT2D eigenvalue weighted by Gasteiger charge is -2.26. The second-order valence-electron chi connectivity index (χ2n) is 5.83. The number of carbonyl (C=O) groups excluding carboxylic acids is 2. The Morgan fingerprint density at radius 2 is 2.05 bits per heavy atom. The number of rotatable bonds is 5. The summed E-state index contributed by atoms with van der Waals surface area (Å²) < 4.78 is 15.5. The van der Waals surface area contributed by atoms with E-state index in [1.165, 1.54) is 12.2 Å². The Morgan fingerprint density at radius 1 is 1.35 bits per heavy atom. The molecule has 1 heterocycles. The van der Waals surface area contributed by atoms with Crippen LogP contribution in [0.5, 0.6) is 0 Å². The number of carbonyl (C=O) groups is 2. The van der Waals surface area contributed by atoms with Crippen LogP contribution < -0.4 is 0 Å². The molecule has 1 aliphatic rings. The van der Waals surface area contributed by atoms with Crippen LogP contribution in [-0.4, -0.2) is 29.9 Å². The SMILES string of the molecule is CCCCCC1OC(OC(=O)OC(C)(C)C)C=CC1=O. The summed E-state index contributed by atoms with van der Waals surface area (Å²) in [5.74, 6) is -0.0786. The summed E-state index contributed by atoms with van der Waals surface area (Å²) in [6.45, 7) is 7.35. The van der Waals surface area contributed by atoms with Crippen LogP contribution in [0.4, 0.5) is 4.79 Å². The molecule has 1 aliphatic heterocycles. The van der Waals surface area contributed by atoms with Crippen LogP contribution >= 0.6 is 0 Å². The zero-order valence-electron chi connectivity index (χ0n) is 12.7. The van der Waals surface area contributed by atoms with Gasteiger partial charge in [-0.1, -0.05) is 26.2 Å². The highest BCUT2D eigenvalue weighted by molar-refractivity contribution is 5.94. The Hall–Kier alpha value is -1.36. The van der Waals surface area contributed by atoms with Crippen molar-refractivity contribution in [1.29, 1.82) is 0 Å². The molecule has 0 bridgehead atoms. The average Bonchev–Trinajstić information content (AvgIpc) is 2.31. The Morgan fingerprint density at radius 3 is 2.65 bits per heavy atom. The molecule has 0 aromatic carbocycles. The van der Waals surface area contributed by atoms with Crippen molar-refractivity contribution in [3.8, 4) is 0 Å². The lowest BCUT2D eigenvalue weighted by Crippen LogP contribution is -2.35. The maximum atomic E-state index is 11.7. The highest BCUT2D eigenvalue weighted by Gasteiger charge is 2.28. The van der Waals surface area contributed by atoms with E-state index in [1.54, 1.807) is 20.8 Å². The minimum Gasteiger partial charge on any atom is -0.428 e. The normalized spacial score (nSPS) is 22.7. The number of ether oxygens (including phenoxy) is 3. The fraction of sp³-hybridized carbons (Fsp3) is 0.733. The predicted molar refractivity (Wildman–Crippen MR) is 74.3 cm³/mol. The summed E-state index contributed by atoms with van der Waals surface area (Å²) in [5.41, 5.74) is -0.619. The first-order valence-corrected chi connectivity index (χ1v) is 7.09. The first kappa shape index (κ1) is 16.7. The van der Waals surface area contributed by atoms with Crippen LogP contribution in [0.1, 0.15) is 53.4 Å². The lowest BCUT2D eigenvalue weighted by molar-refractivity contribution is -0.158. The van der Waals surface area contributed by atoms with Gasteiger partial charge in [0, 0.05) is 0 Å². The molecule has 0 amide bonds. The fourth-order valence-corrected chi connectivity index (χ4v) is 1.78. The van der Waals surface area contributed by atoms with Gasteiger partial charge in [0.15, 0.2) is 5.78 Å². The molecule has 1 rings (SSSR count). The molecular weight excluding hydrogens is 260 g/mol. The van der Waals surface area contributed by atoms with Gasteiger partial charge in [0.25, 0.3) is 0 Å². The monoisotopic (exact) mass is 284 g/mol. The van der Waals surface area contributed by atoms with E-state index in [-0.39, 0.29) is 5.78 Å². The second kappa shape index (κ2) is 7.43. The van der Waals surface area contributed by atoms with Gasteiger partial charge >= 0.3 is 6.16 Å². The Bertz CT molecular complexity index is 367. The van der Waals surface area contributed by atoms with Gasteiger partial charge in [-0.05, 0) is 39.3 Å². The molecule has 2 unspecified atom stereocenters. The first-order valence-electron chi connectivity index (χ1n) is 7.09. The quantitative estimate of drug-likeness (QED) is 0.572. The molecule has 0 aromatic rings. The Balaban J connectivity index is 2.46. The summed E-state index contributed by atoms with van der Waals surface area (Å²) in [6, 6.07) is 0. The van der Waals surface area contributed by atoms with Crippen molar-refractivity contribution in [2.24, 2.45) is 0 Å². The van der Waals surface area contributed by atoms with Crippen LogP contribution in [-0.2, 0) is 19.0 Å². The van der Waals surface area contributed by atoms with Crippen LogP contribution in [0.25, 0.3) is 0 Å². The molecule has 0 radical (unpaired) electrons. The van der Waals surface area contributed by atoms with E-state index >= 15 is 0 Å². The minimum atomic E-state index is -0.853. The highest BCUT2D eigenvalue weighted by atomic mass is 16.8. The van der Waals surface area contributed by atoms with Crippen molar-refractivity contribution in [3.63, 3.8) is 0 Å². The van der Waals surface area contributed by atoms with E-state index in [4.69, 9.17) is 14.2 Å². The molecule has 2 atom stereocenters. The topological polar surface area (TPSA) is 61.8 Å². The average molecular weight is 284 g/mol. The molecule has 0 saturated carbocycles. The largest absolute Gasteiger partial charge is 0.511 e. The predicted octanol–water partition coefficient (Wildman–Crippen LogP) is 3.37. The molecular formula is C15H24O5. The number of unbranched alkanes of at least 4 members (excludes halogenated alkanes) is 2. The summed E-state index contributed by atoms with van der Waals surface area (Å²) in [4.78, 5) is 23.2. The van der Waals surface area contributed by atoms with E-state index in [2.05, 4.69) is 6.92 Å². The smallest absolute Gasteiger partial charge is 0.428 e. The fourth-order valence-electron chi connectivity index (χ4n) is 1.78. The standard InChI is InChI=1S/C15H24O5/c1-5-6-7-8-12-11(16)9-10-13(18-12)19-14(17)20-15(2,3)4/h9-10,12-13H,5-8H2,1-4H3. The lowest BCUT2D eigenvalue weighted by atomic mass is 10.1. The molecule has 5 heteroatoms. The molecule has 0 spiro atoms. The molecule has 0 N–H and O–H groups in total.